The molecular formula is C18H14FN3O3. The Morgan fingerprint density at radius 2 is 1.88 bits per heavy atom. The van der Waals surface area contributed by atoms with Gasteiger partial charge in [0.25, 0.3) is 11.5 Å². The van der Waals surface area contributed by atoms with E-state index < -0.39 is 17.3 Å². The number of halogens is 1. The molecule has 25 heavy (non-hydrogen) atoms. The minimum Gasteiger partial charge on any atom is -0.495 e. The molecule has 3 aromatic rings. The van der Waals surface area contributed by atoms with Crippen molar-refractivity contribution in [2.75, 3.05) is 12.4 Å². The molecular weight excluding hydrogens is 325 g/mol. The van der Waals surface area contributed by atoms with Crippen LogP contribution in [0.3, 0.4) is 0 Å². The zero-order valence-electron chi connectivity index (χ0n) is 13.3. The first kappa shape index (κ1) is 16.4. The van der Waals surface area contributed by atoms with Gasteiger partial charge < -0.3 is 10.1 Å². The third kappa shape index (κ3) is 3.40. The van der Waals surface area contributed by atoms with Crippen molar-refractivity contribution in [3.8, 4) is 11.4 Å². The average Bonchev–Trinajstić information content (AvgIpc) is 2.64. The standard InChI is InChI=1S/C18H14FN3O3/c1-25-15-5-3-2-4-14(15)22-11-10-20-16(18(22)24)21-17(23)12-6-8-13(19)9-7-12/h2-11H,1H3,(H,20,21,23). The predicted molar refractivity (Wildman–Crippen MR) is 90.7 cm³/mol. The highest BCUT2D eigenvalue weighted by Crippen LogP contribution is 2.20. The van der Waals surface area contributed by atoms with Crippen LogP contribution in [-0.2, 0) is 0 Å². The van der Waals surface area contributed by atoms with Crippen LogP contribution in [0.5, 0.6) is 5.75 Å². The van der Waals surface area contributed by atoms with Crippen LogP contribution < -0.4 is 15.6 Å². The number of rotatable bonds is 4. The first-order valence-corrected chi connectivity index (χ1v) is 7.38. The summed E-state index contributed by atoms with van der Waals surface area (Å²) in [5.74, 6) is -0.635. The van der Waals surface area contributed by atoms with Gasteiger partial charge in [-0.05, 0) is 36.4 Å². The van der Waals surface area contributed by atoms with Gasteiger partial charge in [0.1, 0.15) is 11.6 Å². The zero-order valence-corrected chi connectivity index (χ0v) is 13.3. The molecule has 1 aromatic heterocycles. The largest absolute Gasteiger partial charge is 0.495 e. The lowest BCUT2D eigenvalue weighted by atomic mass is 10.2. The van der Waals surface area contributed by atoms with Crippen molar-refractivity contribution in [2.24, 2.45) is 0 Å². The number of anilines is 1. The Hall–Kier alpha value is -3.48. The number of hydrogen-bond donors (Lipinski definition) is 1. The topological polar surface area (TPSA) is 73.2 Å². The number of amides is 1. The van der Waals surface area contributed by atoms with Crippen molar-refractivity contribution in [1.29, 1.82) is 0 Å². The van der Waals surface area contributed by atoms with Gasteiger partial charge in [-0.25, -0.2) is 9.37 Å². The van der Waals surface area contributed by atoms with Gasteiger partial charge in [0.2, 0.25) is 0 Å². The normalized spacial score (nSPS) is 10.3. The molecule has 6 nitrogen and oxygen atoms in total. The molecule has 0 aliphatic carbocycles. The van der Waals surface area contributed by atoms with Gasteiger partial charge in [0, 0.05) is 18.0 Å². The molecule has 1 amide bonds. The van der Waals surface area contributed by atoms with Crippen LogP contribution in [-0.4, -0.2) is 22.6 Å². The second kappa shape index (κ2) is 6.96. The number of carbonyl (C=O) groups is 1. The van der Waals surface area contributed by atoms with E-state index in [4.69, 9.17) is 4.74 Å². The van der Waals surface area contributed by atoms with Crippen molar-refractivity contribution >= 4 is 11.7 Å². The van der Waals surface area contributed by atoms with E-state index in [1.165, 1.54) is 48.3 Å². The number of nitrogens with one attached hydrogen (secondary N) is 1. The lowest BCUT2D eigenvalue weighted by molar-refractivity contribution is 0.102. The molecule has 0 bridgehead atoms. The molecule has 2 aromatic carbocycles. The number of aromatic nitrogens is 2. The fraction of sp³-hybridized carbons (Fsp3) is 0.0556. The molecule has 0 spiro atoms. The van der Waals surface area contributed by atoms with E-state index in [9.17, 15) is 14.0 Å². The van der Waals surface area contributed by atoms with Gasteiger partial charge in [0.15, 0.2) is 5.82 Å². The highest BCUT2D eigenvalue weighted by Gasteiger charge is 2.13. The van der Waals surface area contributed by atoms with E-state index in [1.807, 2.05) is 0 Å². The average molecular weight is 339 g/mol. The molecule has 0 aliphatic heterocycles. The third-order valence-electron chi connectivity index (χ3n) is 3.52. The Balaban J connectivity index is 1.95. The molecule has 1 N–H and O–H groups in total. The van der Waals surface area contributed by atoms with Gasteiger partial charge in [-0.1, -0.05) is 12.1 Å². The minimum absolute atomic E-state index is 0.136. The fourth-order valence-corrected chi connectivity index (χ4v) is 2.30. The second-order valence-electron chi connectivity index (χ2n) is 5.08. The predicted octanol–water partition coefficient (Wildman–Crippen LogP) is 2.63. The molecule has 0 atom stereocenters. The smallest absolute Gasteiger partial charge is 0.298 e. The maximum Gasteiger partial charge on any atom is 0.298 e. The van der Waals surface area contributed by atoms with Crippen LogP contribution in [0.25, 0.3) is 5.69 Å². The van der Waals surface area contributed by atoms with Crippen LogP contribution in [0.1, 0.15) is 10.4 Å². The Bertz CT molecular complexity index is 968. The molecule has 0 saturated heterocycles. The highest BCUT2D eigenvalue weighted by atomic mass is 19.1. The number of ether oxygens (including phenoxy) is 1. The number of methoxy groups -OCH3 is 1. The van der Waals surface area contributed by atoms with Crippen LogP contribution >= 0.6 is 0 Å². The summed E-state index contributed by atoms with van der Waals surface area (Å²) in [5, 5.41) is 2.45. The number of carbonyl (C=O) groups excluding carboxylic acids is 1. The van der Waals surface area contributed by atoms with Gasteiger partial charge in [0.05, 0.1) is 12.8 Å². The Kier molecular flexibility index (Phi) is 4.56. The molecule has 0 aliphatic rings. The molecule has 0 unspecified atom stereocenters. The van der Waals surface area contributed by atoms with E-state index >= 15 is 0 Å². The number of para-hydroxylation sites is 2. The first-order chi connectivity index (χ1) is 12.1. The third-order valence-corrected chi connectivity index (χ3v) is 3.52. The van der Waals surface area contributed by atoms with E-state index in [0.29, 0.717) is 11.4 Å². The molecule has 1 heterocycles. The van der Waals surface area contributed by atoms with Gasteiger partial charge in [-0.3, -0.25) is 14.2 Å². The summed E-state index contributed by atoms with van der Waals surface area (Å²) in [7, 11) is 1.50. The van der Waals surface area contributed by atoms with Crippen molar-refractivity contribution in [3.63, 3.8) is 0 Å². The van der Waals surface area contributed by atoms with Gasteiger partial charge >= 0.3 is 0 Å². The summed E-state index contributed by atoms with van der Waals surface area (Å²) in [4.78, 5) is 28.8. The summed E-state index contributed by atoms with van der Waals surface area (Å²) < 4.78 is 19.5. The fourth-order valence-electron chi connectivity index (χ4n) is 2.30. The van der Waals surface area contributed by atoms with E-state index in [-0.39, 0.29) is 11.4 Å². The summed E-state index contributed by atoms with van der Waals surface area (Å²) in [5.41, 5.74) is 0.229. The maximum atomic E-state index is 12.9. The molecule has 3 rings (SSSR count). The highest BCUT2D eigenvalue weighted by molar-refractivity contribution is 6.03. The summed E-state index contributed by atoms with van der Waals surface area (Å²) >= 11 is 0. The number of benzene rings is 2. The van der Waals surface area contributed by atoms with Crippen LogP contribution in [0.15, 0.2) is 65.7 Å². The Morgan fingerprint density at radius 1 is 1.16 bits per heavy atom. The first-order valence-electron chi connectivity index (χ1n) is 7.38. The summed E-state index contributed by atoms with van der Waals surface area (Å²) in [6.45, 7) is 0. The number of nitrogens with zero attached hydrogens (tertiary/aromatic N) is 2. The molecule has 126 valence electrons. The summed E-state index contributed by atoms with van der Waals surface area (Å²) in [6.07, 6.45) is 2.88. The SMILES string of the molecule is COc1ccccc1-n1ccnc(NC(=O)c2ccc(F)cc2)c1=O. The van der Waals surface area contributed by atoms with Crippen LogP contribution in [0.4, 0.5) is 10.2 Å². The van der Waals surface area contributed by atoms with E-state index in [0.717, 1.165) is 0 Å². The van der Waals surface area contributed by atoms with Crippen LogP contribution in [0.2, 0.25) is 0 Å². The quantitative estimate of drug-likeness (QED) is 0.793. The molecule has 0 saturated carbocycles. The maximum absolute atomic E-state index is 12.9. The minimum atomic E-state index is -0.553. The Labute approximate surface area is 142 Å². The number of hydrogen-bond acceptors (Lipinski definition) is 4. The molecule has 0 radical (unpaired) electrons. The van der Waals surface area contributed by atoms with Gasteiger partial charge in [-0.15, -0.1) is 0 Å². The van der Waals surface area contributed by atoms with Crippen molar-refractivity contribution in [3.05, 3.63) is 82.7 Å². The lowest BCUT2D eigenvalue weighted by Gasteiger charge is -2.11. The molecule has 0 fully saturated rings. The van der Waals surface area contributed by atoms with E-state index in [2.05, 4.69) is 10.3 Å². The van der Waals surface area contributed by atoms with Crippen molar-refractivity contribution in [2.45, 2.75) is 0 Å². The van der Waals surface area contributed by atoms with Crippen LogP contribution in [0, 0.1) is 5.82 Å². The van der Waals surface area contributed by atoms with Crippen molar-refractivity contribution < 1.29 is 13.9 Å². The molecule has 7 heteroatoms. The monoisotopic (exact) mass is 339 g/mol. The Morgan fingerprint density at radius 3 is 2.60 bits per heavy atom. The lowest BCUT2D eigenvalue weighted by Crippen LogP contribution is -2.26. The summed E-state index contributed by atoms with van der Waals surface area (Å²) in [6, 6.07) is 12.0. The second-order valence-corrected chi connectivity index (χ2v) is 5.08. The van der Waals surface area contributed by atoms with Crippen molar-refractivity contribution in [1.82, 2.24) is 9.55 Å². The zero-order chi connectivity index (χ0) is 17.8. The van der Waals surface area contributed by atoms with Gasteiger partial charge in [-0.2, -0.15) is 0 Å². The van der Waals surface area contributed by atoms with E-state index in [1.54, 1.807) is 24.3 Å².